The van der Waals surface area contributed by atoms with Crippen molar-refractivity contribution < 1.29 is 18.0 Å². The van der Waals surface area contributed by atoms with Crippen molar-refractivity contribution in [2.24, 2.45) is 10.2 Å². The second kappa shape index (κ2) is 11.7. The van der Waals surface area contributed by atoms with Crippen LogP contribution in [-0.2, 0) is 9.84 Å². The minimum atomic E-state index is -3.85. The molecule has 0 saturated heterocycles. The molecular weight excluding hydrogens is 488 g/mol. The van der Waals surface area contributed by atoms with Gasteiger partial charge in [0, 0.05) is 11.1 Å². The largest absolute Gasteiger partial charge is 0.271 e. The molecule has 4 aromatic carbocycles. The fourth-order valence-corrected chi connectivity index (χ4v) is 4.51. The van der Waals surface area contributed by atoms with Crippen LogP contribution in [-0.4, -0.2) is 32.7 Å². The van der Waals surface area contributed by atoms with E-state index >= 15 is 0 Å². The van der Waals surface area contributed by atoms with Crippen molar-refractivity contribution in [1.29, 1.82) is 0 Å². The van der Waals surface area contributed by atoms with Crippen LogP contribution in [0.4, 0.5) is 0 Å². The standard InChI is InChI=1S/C28H22N4O4S/c33-27(31-29-19-21-7-3-1-4-8-21)23-11-15-25(16-12-23)37(35,36)26-17-13-24(14-18-26)28(34)32-30-20-22-9-5-2-6-10-22/h1-20H,(H,31,33)(H,32,34). The number of hydrogen-bond acceptors (Lipinski definition) is 6. The highest BCUT2D eigenvalue weighted by Crippen LogP contribution is 2.21. The van der Waals surface area contributed by atoms with Gasteiger partial charge < -0.3 is 0 Å². The topological polar surface area (TPSA) is 117 Å². The number of hydrazone groups is 2. The van der Waals surface area contributed by atoms with Crippen LogP contribution >= 0.6 is 0 Å². The zero-order valence-electron chi connectivity index (χ0n) is 19.5. The Kier molecular flexibility index (Phi) is 7.97. The molecule has 0 aliphatic heterocycles. The Morgan fingerprint density at radius 2 is 0.892 bits per heavy atom. The van der Waals surface area contributed by atoms with Crippen LogP contribution in [0.2, 0.25) is 0 Å². The van der Waals surface area contributed by atoms with Gasteiger partial charge in [0.05, 0.1) is 22.2 Å². The monoisotopic (exact) mass is 510 g/mol. The molecule has 0 aliphatic carbocycles. The summed E-state index contributed by atoms with van der Waals surface area (Å²) in [7, 11) is -3.85. The molecule has 4 rings (SSSR count). The molecule has 0 heterocycles. The number of carbonyl (C=O) groups is 2. The molecule has 4 aromatic rings. The van der Waals surface area contributed by atoms with Crippen molar-refractivity contribution in [3.8, 4) is 0 Å². The maximum atomic E-state index is 13.0. The molecule has 2 N–H and O–H groups in total. The Bertz CT molecular complexity index is 1420. The molecular formula is C28H22N4O4S. The van der Waals surface area contributed by atoms with Gasteiger partial charge in [-0.1, -0.05) is 60.7 Å². The first-order valence-electron chi connectivity index (χ1n) is 11.2. The summed E-state index contributed by atoms with van der Waals surface area (Å²) < 4.78 is 26.0. The lowest BCUT2D eigenvalue weighted by atomic mass is 10.2. The van der Waals surface area contributed by atoms with E-state index in [1.165, 1.54) is 61.0 Å². The van der Waals surface area contributed by atoms with E-state index < -0.39 is 21.7 Å². The zero-order chi connectivity index (χ0) is 26.1. The van der Waals surface area contributed by atoms with Gasteiger partial charge in [0.15, 0.2) is 0 Å². The first-order chi connectivity index (χ1) is 17.9. The normalized spacial score (nSPS) is 11.5. The summed E-state index contributed by atoms with van der Waals surface area (Å²) in [5, 5.41) is 7.82. The van der Waals surface area contributed by atoms with Gasteiger partial charge in [-0.05, 0) is 59.7 Å². The zero-order valence-corrected chi connectivity index (χ0v) is 20.3. The van der Waals surface area contributed by atoms with Gasteiger partial charge in [0.1, 0.15) is 0 Å². The predicted octanol–water partition coefficient (Wildman–Crippen LogP) is 4.05. The molecule has 0 fully saturated rings. The number of amides is 2. The molecule has 0 unspecified atom stereocenters. The summed E-state index contributed by atoms with van der Waals surface area (Å²) >= 11 is 0. The Morgan fingerprint density at radius 1 is 0.541 bits per heavy atom. The number of rotatable bonds is 8. The second-order valence-corrected chi connectivity index (χ2v) is 9.72. The van der Waals surface area contributed by atoms with E-state index in [4.69, 9.17) is 0 Å². The maximum absolute atomic E-state index is 13.0. The van der Waals surface area contributed by atoms with Crippen molar-refractivity contribution in [2.45, 2.75) is 9.79 Å². The second-order valence-electron chi connectivity index (χ2n) is 7.77. The summed E-state index contributed by atoms with van der Waals surface area (Å²) in [6.45, 7) is 0. The Labute approximate surface area is 214 Å². The fraction of sp³-hybridized carbons (Fsp3) is 0. The molecule has 8 nitrogen and oxygen atoms in total. The molecule has 2 amide bonds. The quantitative estimate of drug-likeness (QED) is 0.275. The average molecular weight is 511 g/mol. The lowest BCUT2D eigenvalue weighted by Crippen LogP contribution is -2.18. The van der Waals surface area contributed by atoms with Gasteiger partial charge in [-0.2, -0.15) is 10.2 Å². The van der Waals surface area contributed by atoms with Crippen LogP contribution in [0.25, 0.3) is 0 Å². The van der Waals surface area contributed by atoms with Gasteiger partial charge in [-0.25, -0.2) is 19.3 Å². The van der Waals surface area contributed by atoms with Crippen LogP contribution in [0.15, 0.2) is 129 Å². The van der Waals surface area contributed by atoms with E-state index in [2.05, 4.69) is 21.1 Å². The van der Waals surface area contributed by atoms with E-state index in [0.29, 0.717) is 0 Å². The third-order valence-electron chi connectivity index (χ3n) is 5.21. The van der Waals surface area contributed by atoms with E-state index in [1.54, 1.807) is 0 Å². The highest BCUT2D eigenvalue weighted by atomic mass is 32.2. The predicted molar refractivity (Wildman–Crippen MR) is 141 cm³/mol. The summed E-state index contributed by atoms with van der Waals surface area (Å²) in [4.78, 5) is 24.6. The number of hydrogen-bond donors (Lipinski definition) is 2. The van der Waals surface area contributed by atoms with Crippen LogP contribution in [0.1, 0.15) is 31.8 Å². The lowest BCUT2D eigenvalue weighted by molar-refractivity contribution is 0.0947. The molecule has 0 radical (unpaired) electrons. The molecule has 0 aliphatic rings. The van der Waals surface area contributed by atoms with Crippen LogP contribution in [0.5, 0.6) is 0 Å². The first-order valence-corrected chi connectivity index (χ1v) is 12.6. The molecule has 0 aromatic heterocycles. The molecule has 0 saturated carbocycles. The first kappa shape index (κ1) is 25.2. The Balaban J connectivity index is 1.38. The van der Waals surface area contributed by atoms with E-state index in [0.717, 1.165) is 11.1 Å². The molecule has 0 bridgehead atoms. The van der Waals surface area contributed by atoms with E-state index in [9.17, 15) is 18.0 Å². The van der Waals surface area contributed by atoms with E-state index in [1.807, 2.05) is 60.7 Å². The van der Waals surface area contributed by atoms with Crippen molar-refractivity contribution in [3.63, 3.8) is 0 Å². The smallest absolute Gasteiger partial charge is 0.267 e. The Morgan fingerprint density at radius 3 is 1.24 bits per heavy atom. The molecule has 37 heavy (non-hydrogen) atoms. The number of nitrogens with zero attached hydrogens (tertiary/aromatic N) is 2. The minimum Gasteiger partial charge on any atom is -0.267 e. The summed E-state index contributed by atoms with van der Waals surface area (Å²) in [5.41, 5.74) is 6.99. The van der Waals surface area contributed by atoms with Gasteiger partial charge in [0.2, 0.25) is 9.84 Å². The molecule has 0 spiro atoms. The third-order valence-corrected chi connectivity index (χ3v) is 7.00. The minimum absolute atomic E-state index is 0.0153. The number of nitrogens with one attached hydrogen (secondary N) is 2. The molecule has 0 atom stereocenters. The van der Waals surface area contributed by atoms with E-state index in [-0.39, 0.29) is 20.9 Å². The van der Waals surface area contributed by atoms with Crippen LogP contribution in [0, 0.1) is 0 Å². The average Bonchev–Trinajstić information content (AvgIpc) is 2.94. The number of benzene rings is 4. The SMILES string of the molecule is O=C(NN=Cc1ccccc1)c1ccc(S(=O)(=O)c2ccc(C(=O)NN=Cc3ccccc3)cc2)cc1. The highest BCUT2D eigenvalue weighted by Gasteiger charge is 2.19. The van der Waals surface area contributed by atoms with Gasteiger partial charge in [0.25, 0.3) is 11.8 Å². The van der Waals surface area contributed by atoms with Crippen molar-refractivity contribution in [3.05, 3.63) is 131 Å². The van der Waals surface area contributed by atoms with Crippen molar-refractivity contribution in [1.82, 2.24) is 10.9 Å². The maximum Gasteiger partial charge on any atom is 0.271 e. The third kappa shape index (κ3) is 6.62. The van der Waals surface area contributed by atoms with Gasteiger partial charge in [-0.3, -0.25) is 9.59 Å². The van der Waals surface area contributed by atoms with Crippen LogP contribution < -0.4 is 10.9 Å². The summed E-state index contributed by atoms with van der Waals surface area (Å²) in [5.74, 6) is -0.942. The lowest BCUT2D eigenvalue weighted by Gasteiger charge is -2.07. The van der Waals surface area contributed by atoms with Crippen molar-refractivity contribution in [2.75, 3.05) is 0 Å². The highest BCUT2D eigenvalue weighted by molar-refractivity contribution is 7.91. The van der Waals surface area contributed by atoms with Gasteiger partial charge in [-0.15, -0.1) is 0 Å². The summed E-state index contributed by atoms with van der Waals surface area (Å²) in [6, 6.07) is 29.6. The number of carbonyl (C=O) groups excluding carboxylic acids is 2. The van der Waals surface area contributed by atoms with Gasteiger partial charge >= 0.3 is 0 Å². The molecule has 9 heteroatoms. The fourth-order valence-electron chi connectivity index (χ4n) is 3.25. The van der Waals surface area contributed by atoms with Crippen molar-refractivity contribution >= 4 is 34.1 Å². The van der Waals surface area contributed by atoms with Crippen LogP contribution in [0.3, 0.4) is 0 Å². The number of sulfone groups is 1. The summed E-state index contributed by atoms with van der Waals surface area (Å²) in [6.07, 6.45) is 3.02. The Hall–Kier alpha value is -4.89. The molecule has 184 valence electrons.